The summed E-state index contributed by atoms with van der Waals surface area (Å²) in [6, 6.07) is 51.2. The Balaban J connectivity index is 0.00000380. The lowest BCUT2D eigenvalue weighted by molar-refractivity contribution is 1.27. The highest BCUT2D eigenvalue weighted by molar-refractivity contribution is 6.16. The van der Waals surface area contributed by atoms with Gasteiger partial charge in [-0.3, -0.25) is 0 Å². The van der Waals surface area contributed by atoms with Crippen molar-refractivity contribution in [2.75, 3.05) is 0 Å². The minimum atomic E-state index is 0.690. The number of allylic oxidation sites excluding steroid dienone is 12. The molecule has 318 valence electrons. The molecule has 0 aliphatic heterocycles. The first kappa shape index (κ1) is 47.4. The van der Waals surface area contributed by atoms with E-state index in [1.807, 2.05) is 56.3 Å². The first-order chi connectivity index (χ1) is 31.2. The molecule has 0 aliphatic rings. The summed E-state index contributed by atoms with van der Waals surface area (Å²) in [6.45, 7) is 31.1. The molecule has 0 radical (unpaired) electrons. The van der Waals surface area contributed by atoms with Crippen molar-refractivity contribution in [1.82, 2.24) is 0 Å². The van der Waals surface area contributed by atoms with Crippen LogP contribution < -0.4 is 0 Å². The van der Waals surface area contributed by atoms with Crippen LogP contribution in [-0.4, -0.2) is 5.71 Å². The van der Waals surface area contributed by atoms with E-state index in [4.69, 9.17) is 4.99 Å². The van der Waals surface area contributed by atoms with Gasteiger partial charge in [0.25, 0.3) is 0 Å². The molecule has 0 aromatic heterocycles. The zero-order valence-corrected chi connectivity index (χ0v) is 38.3. The zero-order valence-electron chi connectivity index (χ0n) is 38.3. The van der Waals surface area contributed by atoms with Gasteiger partial charge in [0.15, 0.2) is 0 Å². The van der Waals surface area contributed by atoms with Gasteiger partial charge in [-0.15, -0.1) is 0 Å². The van der Waals surface area contributed by atoms with Gasteiger partial charge in [-0.1, -0.05) is 240 Å². The summed E-state index contributed by atoms with van der Waals surface area (Å²) in [5, 5.41) is 0. The van der Waals surface area contributed by atoms with Crippen LogP contribution in [0.25, 0.3) is 51.2 Å². The summed E-state index contributed by atoms with van der Waals surface area (Å²) in [5.74, 6) is 0. The maximum atomic E-state index is 5.15. The minimum absolute atomic E-state index is 0.690. The second-order valence-electron chi connectivity index (χ2n) is 15.4. The highest BCUT2D eigenvalue weighted by Crippen LogP contribution is 2.30. The summed E-state index contributed by atoms with van der Waals surface area (Å²) in [4.78, 5) is 5.15. The van der Waals surface area contributed by atoms with E-state index in [2.05, 4.69) is 205 Å². The molecule has 1 nitrogen and oxygen atoms in total. The second-order valence-corrected chi connectivity index (χ2v) is 15.4. The molecule has 0 fully saturated rings. The smallest absolute Gasteiger partial charge is 0.0780 e. The summed E-state index contributed by atoms with van der Waals surface area (Å²) < 4.78 is 0. The maximum Gasteiger partial charge on any atom is 0.0780 e. The van der Waals surface area contributed by atoms with E-state index in [1.54, 1.807) is 12.2 Å². The van der Waals surface area contributed by atoms with Gasteiger partial charge in [-0.25, -0.2) is 4.99 Å². The Bertz CT molecular complexity index is 2770. The summed E-state index contributed by atoms with van der Waals surface area (Å²) in [7, 11) is 0. The number of aliphatic imine (C=N–C) groups is 1. The van der Waals surface area contributed by atoms with Gasteiger partial charge in [0.05, 0.1) is 11.4 Å². The largest absolute Gasteiger partial charge is 0.248 e. The fourth-order valence-electron chi connectivity index (χ4n) is 7.22. The van der Waals surface area contributed by atoms with Crippen LogP contribution in [0.4, 0.5) is 0 Å². The van der Waals surface area contributed by atoms with Crippen molar-refractivity contribution in [3.05, 3.63) is 283 Å². The lowest BCUT2D eigenvalue weighted by atomic mass is 9.93. The van der Waals surface area contributed by atoms with Gasteiger partial charge in [-0.05, 0) is 123 Å². The number of hydrogen-bond donors (Lipinski definition) is 0. The SMILES string of the molecule is C=C/C=C\C(C(=NC(=C)c1ccc(-c2cc(C/C=C\c3cccc(/C(C=C)=C/C=C)c3)cc(C(=C)/C=C\c3cc(-c4ccccc4)ccc3C)c2)cc1)c1ccccc1)=C(C)C.CC. The molecule has 0 aliphatic carbocycles. The average molecular weight is 832 g/mol. The van der Waals surface area contributed by atoms with Crippen LogP contribution in [0, 0.1) is 6.92 Å². The van der Waals surface area contributed by atoms with Gasteiger partial charge in [0.2, 0.25) is 0 Å². The van der Waals surface area contributed by atoms with E-state index in [0.717, 1.165) is 73.4 Å². The Morgan fingerprint density at radius 2 is 1.25 bits per heavy atom. The van der Waals surface area contributed by atoms with Crippen LogP contribution >= 0.6 is 0 Å². The fourth-order valence-corrected chi connectivity index (χ4v) is 7.22. The van der Waals surface area contributed by atoms with Crippen molar-refractivity contribution in [1.29, 1.82) is 0 Å². The molecular formula is C63H61N. The Morgan fingerprint density at radius 1 is 0.578 bits per heavy atom. The molecule has 0 saturated carbocycles. The molecule has 0 N–H and O–H groups in total. The van der Waals surface area contributed by atoms with Gasteiger partial charge in [0, 0.05) is 5.56 Å². The highest BCUT2D eigenvalue weighted by atomic mass is 14.8. The molecular weight excluding hydrogens is 771 g/mol. The van der Waals surface area contributed by atoms with Crippen molar-refractivity contribution < 1.29 is 0 Å². The van der Waals surface area contributed by atoms with Crippen molar-refractivity contribution in [2.24, 2.45) is 4.99 Å². The Kier molecular flexibility index (Phi) is 17.9. The Labute approximate surface area is 384 Å². The molecule has 1 heteroatoms. The van der Waals surface area contributed by atoms with E-state index in [9.17, 15) is 0 Å². The number of aryl methyl sites for hydroxylation is 1. The Hall–Kier alpha value is -7.61. The molecule has 64 heavy (non-hydrogen) atoms. The van der Waals surface area contributed by atoms with Crippen LogP contribution in [0.15, 0.2) is 243 Å². The van der Waals surface area contributed by atoms with Crippen molar-refractivity contribution in [3.63, 3.8) is 0 Å². The predicted octanol–water partition coefficient (Wildman–Crippen LogP) is 17.6. The zero-order chi connectivity index (χ0) is 45.8. The first-order valence-electron chi connectivity index (χ1n) is 22.0. The molecule has 0 bridgehead atoms. The van der Waals surface area contributed by atoms with Gasteiger partial charge >= 0.3 is 0 Å². The van der Waals surface area contributed by atoms with Crippen LogP contribution in [0.1, 0.15) is 72.2 Å². The van der Waals surface area contributed by atoms with E-state index in [1.165, 1.54) is 27.8 Å². The molecule has 6 aromatic rings. The number of hydrogen-bond acceptors (Lipinski definition) is 1. The molecule has 0 amide bonds. The van der Waals surface area contributed by atoms with Crippen molar-refractivity contribution in [3.8, 4) is 22.3 Å². The third-order valence-corrected chi connectivity index (χ3v) is 10.7. The van der Waals surface area contributed by atoms with E-state index < -0.39 is 0 Å². The quantitative estimate of drug-likeness (QED) is 0.0641. The molecule has 0 unspecified atom stereocenters. The van der Waals surface area contributed by atoms with Crippen LogP contribution in [0.3, 0.4) is 0 Å². The number of benzene rings is 6. The van der Waals surface area contributed by atoms with Crippen LogP contribution in [-0.2, 0) is 6.42 Å². The lowest BCUT2D eigenvalue weighted by Crippen LogP contribution is -2.06. The molecule has 0 saturated heterocycles. The number of rotatable bonds is 17. The van der Waals surface area contributed by atoms with E-state index in [-0.39, 0.29) is 0 Å². The lowest BCUT2D eigenvalue weighted by Gasteiger charge is -2.13. The standard InChI is InChI=1S/C61H55N.C2H6/c1-9-12-30-60(44(4)5)61(54-27-17-14-18-28-54)62-47(8)51-35-37-53(38-36-51)59-41-49(24-19-22-48-23-20-29-56(39-48)50(11-3)21-10-2)40-58(43-59)46(7)31-33-55-42-57(34-32-45(55)6)52-25-15-13-16-26-52;1-2/h9-23,25-43H,1-3,7-8,24H2,4-6H3;1-2H3/b22-19-,30-12-,33-31-,50-21+,62-61?;. The maximum absolute atomic E-state index is 5.15. The van der Waals surface area contributed by atoms with Crippen molar-refractivity contribution in [2.45, 2.75) is 41.0 Å². The van der Waals surface area contributed by atoms with Crippen LogP contribution in [0.2, 0.25) is 0 Å². The Morgan fingerprint density at radius 3 is 1.92 bits per heavy atom. The first-order valence-corrected chi connectivity index (χ1v) is 22.0. The van der Waals surface area contributed by atoms with Gasteiger partial charge < -0.3 is 0 Å². The molecule has 0 atom stereocenters. The van der Waals surface area contributed by atoms with E-state index >= 15 is 0 Å². The summed E-state index contributed by atoms with van der Waals surface area (Å²) in [5.41, 5.74) is 19.2. The average Bonchev–Trinajstić information content (AvgIpc) is 3.33. The van der Waals surface area contributed by atoms with Crippen LogP contribution in [0.5, 0.6) is 0 Å². The summed E-state index contributed by atoms with van der Waals surface area (Å²) in [6.07, 6.45) is 20.9. The normalized spacial score (nSPS) is 11.6. The van der Waals surface area contributed by atoms with Gasteiger partial charge in [0.1, 0.15) is 0 Å². The monoisotopic (exact) mass is 831 g/mol. The topological polar surface area (TPSA) is 12.4 Å². The molecule has 6 rings (SSSR count). The van der Waals surface area contributed by atoms with Gasteiger partial charge in [-0.2, -0.15) is 0 Å². The third kappa shape index (κ3) is 13.0. The third-order valence-electron chi connectivity index (χ3n) is 10.7. The minimum Gasteiger partial charge on any atom is -0.248 e. The predicted molar refractivity (Wildman–Crippen MR) is 285 cm³/mol. The second kappa shape index (κ2) is 24.1. The van der Waals surface area contributed by atoms with E-state index in [0.29, 0.717) is 5.70 Å². The number of nitrogens with zero attached hydrogens (tertiary/aromatic N) is 1. The van der Waals surface area contributed by atoms with Crippen molar-refractivity contribution >= 4 is 34.7 Å². The molecule has 6 aromatic carbocycles. The molecule has 0 spiro atoms. The molecule has 0 heterocycles. The fraction of sp³-hybridized carbons (Fsp3) is 0.0952. The summed E-state index contributed by atoms with van der Waals surface area (Å²) >= 11 is 0. The highest BCUT2D eigenvalue weighted by Gasteiger charge is 2.12.